The molecule has 0 heterocycles. The first-order valence-corrected chi connectivity index (χ1v) is 2.83. The molecule has 0 saturated heterocycles. The molecule has 0 bridgehead atoms. The Kier molecular flexibility index (Phi) is 4.53. The Morgan fingerprint density at radius 2 is 1.90 bits per heavy atom. The van der Waals surface area contributed by atoms with Crippen LogP contribution in [-0.2, 0) is 4.79 Å². The van der Waals surface area contributed by atoms with Crippen LogP contribution >= 0.6 is 0 Å². The topological polar surface area (TPSA) is 77.8 Å². The van der Waals surface area contributed by atoms with Gasteiger partial charge in [-0.2, -0.15) is 0 Å². The van der Waals surface area contributed by atoms with E-state index in [1.54, 1.807) is 0 Å². The number of rotatable bonds is 4. The SMILES string of the molecule is O=C(O)C=CC(CO)CO. The average Bonchev–Trinajstić information content (AvgIpc) is 1.90. The number of carbonyl (C=O) groups is 1. The number of aliphatic hydroxyl groups is 2. The maximum atomic E-state index is 9.89. The number of hydrogen-bond acceptors (Lipinski definition) is 3. The molecular formula is C6H10O4. The zero-order valence-corrected chi connectivity index (χ0v) is 5.40. The highest BCUT2D eigenvalue weighted by atomic mass is 16.4. The van der Waals surface area contributed by atoms with E-state index >= 15 is 0 Å². The average molecular weight is 146 g/mol. The lowest BCUT2D eigenvalue weighted by molar-refractivity contribution is -0.131. The Morgan fingerprint density at radius 3 is 2.20 bits per heavy atom. The van der Waals surface area contributed by atoms with Crippen molar-refractivity contribution in [3.8, 4) is 0 Å². The van der Waals surface area contributed by atoms with Gasteiger partial charge in [-0.25, -0.2) is 4.79 Å². The molecule has 4 heteroatoms. The smallest absolute Gasteiger partial charge is 0.327 e. The maximum absolute atomic E-state index is 9.89. The van der Waals surface area contributed by atoms with Gasteiger partial charge in [0.2, 0.25) is 0 Å². The van der Waals surface area contributed by atoms with Crippen molar-refractivity contribution >= 4 is 5.97 Å². The summed E-state index contributed by atoms with van der Waals surface area (Å²) in [6, 6.07) is 0. The van der Waals surface area contributed by atoms with Crippen molar-refractivity contribution in [2.24, 2.45) is 5.92 Å². The fraction of sp³-hybridized carbons (Fsp3) is 0.500. The predicted molar refractivity (Wildman–Crippen MR) is 34.4 cm³/mol. The van der Waals surface area contributed by atoms with Crippen LogP contribution in [0.15, 0.2) is 12.2 Å². The summed E-state index contributed by atoms with van der Waals surface area (Å²) < 4.78 is 0. The molecule has 0 rings (SSSR count). The molecule has 0 aromatic carbocycles. The van der Waals surface area contributed by atoms with Gasteiger partial charge in [0.05, 0.1) is 13.2 Å². The number of aliphatic carboxylic acids is 1. The largest absolute Gasteiger partial charge is 0.478 e. The molecule has 0 spiro atoms. The van der Waals surface area contributed by atoms with E-state index in [0.717, 1.165) is 6.08 Å². The van der Waals surface area contributed by atoms with Crippen LogP contribution in [0.4, 0.5) is 0 Å². The van der Waals surface area contributed by atoms with Crippen LogP contribution in [0, 0.1) is 5.92 Å². The Bertz CT molecular complexity index is 126. The van der Waals surface area contributed by atoms with E-state index in [2.05, 4.69) is 0 Å². The van der Waals surface area contributed by atoms with Gasteiger partial charge in [-0.3, -0.25) is 0 Å². The number of hydrogen-bond donors (Lipinski definition) is 3. The Morgan fingerprint density at radius 1 is 1.40 bits per heavy atom. The molecule has 0 amide bonds. The zero-order chi connectivity index (χ0) is 7.98. The quantitative estimate of drug-likeness (QED) is 0.455. The van der Waals surface area contributed by atoms with E-state index < -0.39 is 11.9 Å². The second kappa shape index (κ2) is 4.96. The van der Waals surface area contributed by atoms with Crippen LogP contribution < -0.4 is 0 Å². The molecule has 0 aromatic rings. The van der Waals surface area contributed by atoms with Crippen LogP contribution in [0.3, 0.4) is 0 Å². The van der Waals surface area contributed by atoms with Crippen molar-refractivity contribution in [3.63, 3.8) is 0 Å². The second-order valence-corrected chi connectivity index (χ2v) is 1.82. The molecule has 3 N–H and O–H groups in total. The lowest BCUT2D eigenvalue weighted by Crippen LogP contribution is -2.07. The highest BCUT2D eigenvalue weighted by Crippen LogP contribution is 1.94. The molecule has 0 aliphatic carbocycles. The standard InChI is InChI=1S/C6H10O4/c7-3-5(4-8)1-2-6(9)10/h1-2,5,7-8H,3-4H2,(H,9,10). The molecule has 0 unspecified atom stereocenters. The summed E-state index contributed by atoms with van der Waals surface area (Å²) >= 11 is 0. The van der Waals surface area contributed by atoms with Gasteiger partial charge in [-0.05, 0) is 0 Å². The maximum Gasteiger partial charge on any atom is 0.327 e. The lowest BCUT2D eigenvalue weighted by Gasteiger charge is -2.01. The minimum atomic E-state index is -1.08. The van der Waals surface area contributed by atoms with E-state index in [9.17, 15) is 4.79 Å². The monoisotopic (exact) mass is 146 g/mol. The Hall–Kier alpha value is -0.870. The zero-order valence-electron chi connectivity index (χ0n) is 5.40. The Labute approximate surface area is 58.4 Å². The third-order valence-corrected chi connectivity index (χ3v) is 0.980. The van der Waals surface area contributed by atoms with E-state index in [0.29, 0.717) is 0 Å². The first kappa shape index (κ1) is 9.13. The second-order valence-electron chi connectivity index (χ2n) is 1.82. The fourth-order valence-corrected chi connectivity index (χ4v) is 0.398. The van der Waals surface area contributed by atoms with Crippen LogP contribution in [0.1, 0.15) is 0 Å². The van der Waals surface area contributed by atoms with Crippen molar-refractivity contribution in [2.75, 3.05) is 13.2 Å². The van der Waals surface area contributed by atoms with E-state index in [4.69, 9.17) is 15.3 Å². The van der Waals surface area contributed by atoms with E-state index in [1.807, 2.05) is 0 Å². The first-order chi connectivity index (χ1) is 4.70. The normalized spacial score (nSPS) is 11.1. The minimum absolute atomic E-state index is 0.236. The van der Waals surface area contributed by atoms with Gasteiger partial charge in [-0.15, -0.1) is 0 Å². The molecule has 0 fully saturated rings. The molecule has 0 saturated carbocycles. The van der Waals surface area contributed by atoms with Gasteiger partial charge in [0.1, 0.15) is 0 Å². The van der Waals surface area contributed by atoms with Crippen LogP contribution in [-0.4, -0.2) is 34.5 Å². The molecule has 10 heavy (non-hydrogen) atoms. The fourth-order valence-electron chi connectivity index (χ4n) is 0.398. The molecule has 0 atom stereocenters. The number of carboxylic acid groups (broad SMARTS) is 1. The predicted octanol–water partition coefficient (Wildman–Crippen LogP) is -0.772. The third-order valence-electron chi connectivity index (χ3n) is 0.980. The third kappa shape index (κ3) is 4.05. The van der Waals surface area contributed by atoms with E-state index in [1.165, 1.54) is 6.08 Å². The van der Waals surface area contributed by atoms with Gasteiger partial charge in [0.15, 0.2) is 0 Å². The van der Waals surface area contributed by atoms with Crippen molar-refractivity contribution in [1.82, 2.24) is 0 Å². The Balaban J connectivity index is 3.72. The summed E-state index contributed by atoms with van der Waals surface area (Å²) in [6.07, 6.45) is 2.15. The summed E-state index contributed by atoms with van der Waals surface area (Å²) in [7, 11) is 0. The summed E-state index contributed by atoms with van der Waals surface area (Å²) in [5.74, 6) is -1.54. The highest BCUT2D eigenvalue weighted by molar-refractivity contribution is 5.79. The van der Waals surface area contributed by atoms with Crippen LogP contribution in [0.5, 0.6) is 0 Å². The van der Waals surface area contributed by atoms with Gasteiger partial charge in [0.25, 0.3) is 0 Å². The lowest BCUT2D eigenvalue weighted by atomic mass is 10.1. The summed E-state index contributed by atoms with van der Waals surface area (Å²) in [4.78, 5) is 9.89. The molecular weight excluding hydrogens is 136 g/mol. The first-order valence-electron chi connectivity index (χ1n) is 2.83. The van der Waals surface area contributed by atoms with Crippen molar-refractivity contribution < 1.29 is 20.1 Å². The van der Waals surface area contributed by atoms with Gasteiger partial charge < -0.3 is 15.3 Å². The molecule has 4 nitrogen and oxygen atoms in total. The van der Waals surface area contributed by atoms with Crippen molar-refractivity contribution in [3.05, 3.63) is 12.2 Å². The van der Waals surface area contributed by atoms with Gasteiger partial charge in [-0.1, -0.05) is 6.08 Å². The molecule has 0 radical (unpaired) electrons. The minimum Gasteiger partial charge on any atom is -0.478 e. The van der Waals surface area contributed by atoms with Crippen molar-refractivity contribution in [1.29, 1.82) is 0 Å². The summed E-state index contributed by atoms with van der Waals surface area (Å²) in [6.45, 7) is -0.472. The van der Waals surface area contributed by atoms with Crippen molar-refractivity contribution in [2.45, 2.75) is 0 Å². The summed E-state index contributed by atoms with van der Waals surface area (Å²) in [5, 5.41) is 25.0. The molecule has 0 aliphatic heterocycles. The molecule has 0 aromatic heterocycles. The summed E-state index contributed by atoms with van der Waals surface area (Å²) in [5.41, 5.74) is 0. The van der Waals surface area contributed by atoms with Crippen LogP contribution in [0.25, 0.3) is 0 Å². The number of carboxylic acids is 1. The van der Waals surface area contributed by atoms with Gasteiger partial charge >= 0.3 is 5.97 Å². The molecule has 0 aliphatic rings. The van der Waals surface area contributed by atoms with Gasteiger partial charge in [0, 0.05) is 12.0 Å². The highest BCUT2D eigenvalue weighted by Gasteiger charge is 1.99. The van der Waals surface area contributed by atoms with Crippen LogP contribution in [0.2, 0.25) is 0 Å². The molecule has 58 valence electrons. The number of aliphatic hydroxyl groups excluding tert-OH is 2. The van der Waals surface area contributed by atoms with E-state index in [-0.39, 0.29) is 13.2 Å².